The van der Waals surface area contributed by atoms with Crippen LogP contribution in [0.3, 0.4) is 0 Å². The van der Waals surface area contributed by atoms with Crippen LogP contribution in [0.2, 0.25) is 0 Å². The Hall–Kier alpha value is -2.40. The van der Waals surface area contributed by atoms with Crippen molar-refractivity contribution in [2.24, 2.45) is 5.92 Å². The third-order valence-electron chi connectivity index (χ3n) is 5.90. The van der Waals surface area contributed by atoms with Crippen molar-refractivity contribution in [3.8, 4) is 0 Å². The van der Waals surface area contributed by atoms with Gasteiger partial charge in [-0.2, -0.15) is 0 Å². The highest BCUT2D eigenvalue weighted by Crippen LogP contribution is 2.31. The highest BCUT2D eigenvalue weighted by Gasteiger charge is 2.29. The number of pyridine rings is 1. The molecule has 2 aliphatic rings. The number of hydrogen-bond donors (Lipinski definition) is 2. The molecule has 1 aliphatic carbocycles. The second-order valence-electron chi connectivity index (χ2n) is 7.60. The van der Waals surface area contributed by atoms with Crippen molar-refractivity contribution in [2.75, 3.05) is 18.4 Å². The van der Waals surface area contributed by atoms with Gasteiger partial charge in [-0.25, -0.2) is 4.79 Å². The molecular formula is C22H27N3O2. The van der Waals surface area contributed by atoms with Gasteiger partial charge in [0, 0.05) is 25.0 Å². The SMILES string of the molecule is O=C(Nc1cccc2c1CCCC2)N1CCC([C@H](O)c2ccccn2)CC1. The topological polar surface area (TPSA) is 65.5 Å². The monoisotopic (exact) mass is 365 g/mol. The lowest BCUT2D eigenvalue weighted by molar-refractivity contribution is 0.0652. The Morgan fingerprint density at radius 3 is 2.70 bits per heavy atom. The van der Waals surface area contributed by atoms with Crippen molar-refractivity contribution in [1.29, 1.82) is 0 Å². The van der Waals surface area contributed by atoms with Crippen LogP contribution in [-0.2, 0) is 12.8 Å². The van der Waals surface area contributed by atoms with Crippen molar-refractivity contribution < 1.29 is 9.90 Å². The molecule has 1 atom stereocenters. The minimum atomic E-state index is -0.558. The molecule has 2 aromatic rings. The zero-order valence-electron chi connectivity index (χ0n) is 15.6. The zero-order chi connectivity index (χ0) is 18.6. The number of nitrogens with zero attached hydrogens (tertiary/aromatic N) is 2. The molecule has 1 aliphatic heterocycles. The fourth-order valence-corrected chi connectivity index (χ4v) is 4.30. The van der Waals surface area contributed by atoms with E-state index >= 15 is 0 Å². The number of amides is 2. The van der Waals surface area contributed by atoms with Crippen molar-refractivity contribution in [1.82, 2.24) is 9.88 Å². The maximum atomic E-state index is 12.7. The lowest BCUT2D eigenvalue weighted by atomic mass is 9.89. The van der Waals surface area contributed by atoms with E-state index < -0.39 is 6.10 Å². The number of nitrogens with one attached hydrogen (secondary N) is 1. The molecule has 1 aromatic heterocycles. The number of aliphatic hydroxyl groups is 1. The molecular weight excluding hydrogens is 338 g/mol. The van der Waals surface area contributed by atoms with Gasteiger partial charge < -0.3 is 15.3 Å². The molecule has 0 saturated carbocycles. The molecule has 0 bridgehead atoms. The molecule has 1 saturated heterocycles. The van der Waals surface area contributed by atoms with Crippen LogP contribution < -0.4 is 5.32 Å². The standard InChI is InChI=1S/C22H27N3O2/c26-21(20-9-3-4-13-23-20)17-11-14-25(15-12-17)22(27)24-19-10-5-7-16-6-1-2-8-18(16)19/h3-5,7,9-10,13,17,21,26H,1-2,6,8,11-12,14-15H2,(H,24,27)/t21-/m0/s1. The molecule has 5 heteroatoms. The van der Waals surface area contributed by atoms with E-state index in [1.807, 2.05) is 35.2 Å². The quantitative estimate of drug-likeness (QED) is 0.866. The summed E-state index contributed by atoms with van der Waals surface area (Å²) in [5, 5.41) is 13.7. The van der Waals surface area contributed by atoms with Gasteiger partial charge in [-0.3, -0.25) is 4.98 Å². The Labute approximate surface area is 160 Å². The largest absolute Gasteiger partial charge is 0.387 e. The van der Waals surface area contributed by atoms with Gasteiger partial charge >= 0.3 is 6.03 Å². The number of aliphatic hydroxyl groups excluding tert-OH is 1. The first-order valence-electron chi connectivity index (χ1n) is 9.98. The first-order chi connectivity index (χ1) is 13.2. The summed E-state index contributed by atoms with van der Waals surface area (Å²) in [6.45, 7) is 1.32. The Bertz CT molecular complexity index is 785. The van der Waals surface area contributed by atoms with Crippen LogP contribution in [0, 0.1) is 5.92 Å². The maximum Gasteiger partial charge on any atom is 0.321 e. The average Bonchev–Trinajstić information content (AvgIpc) is 2.74. The predicted octanol–water partition coefficient (Wildman–Crippen LogP) is 3.94. The second-order valence-corrected chi connectivity index (χ2v) is 7.60. The van der Waals surface area contributed by atoms with Crippen LogP contribution >= 0.6 is 0 Å². The van der Waals surface area contributed by atoms with Crippen LogP contribution in [0.25, 0.3) is 0 Å². The fraction of sp³-hybridized carbons (Fsp3) is 0.455. The molecule has 142 valence electrons. The minimum absolute atomic E-state index is 0.0280. The van der Waals surface area contributed by atoms with E-state index in [0.717, 1.165) is 37.1 Å². The average molecular weight is 365 g/mol. The van der Waals surface area contributed by atoms with Crippen LogP contribution in [0.1, 0.15) is 48.6 Å². The van der Waals surface area contributed by atoms with Crippen molar-refractivity contribution in [2.45, 2.75) is 44.6 Å². The summed E-state index contributed by atoms with van der Waals surface area (Å²) >= 11 is 0. The molecule has 0 unspecified atom stereocenters. The van der Waals surface area contributed by atoms with E-state index in [0.29, 0.717) is 13.1 Å². The zero-order valence-corrected chi connectivity index (χ0v) is 15.6. The summed E-state index contributed by atoms with van der Waals surface area (Å²) in [4.78, 5) is 18.9. The van der Waals surface area contributed by atoms with Crippen LogP contribution in [0.4, 0.5) is 10.5 Å². The fourth-order valence-electron chi connectivity index (χ4n) is 4.30. The van der Waals surface area contributed by atoms with Gasteiger partial charge in [0.2, 0.25) is 0 Å². The summed E-state index contributed by atoms with van der Waals surface area (Å²) in [7, 11) is 0. The summed E-state index contributed by atoms with van der Waals surface area (Å²) in [6, 6.07) is 11.8. The van der Waals surface area contributed by atoms with E-state index in [9.17, 15) is 9.90 Å². The Kier molecular flexibility index (Phi) is 5.39. The number of benzene rings is 1. The third kappa shape index (κ3) is 3.98. The highest BCUT2D eigenvalue weighted by atomic mass is 16.3. The van der Waals surface area contributed by atoms with Gasteiger partial charge in [-0.05, 0) is 73.8 Å². The van der Waals surface area contributed by atoms with Gasteiger partial charge in [-0.1, -0.05) is 18.2 Å². The number of urea groups is 1. The van der Waals surface area contributed by atoms with Gasteiger partial charge in [0.25, 0.3) is 0 Å². The molecule has 1 fully saturated rings. The number of aromatic nitrogens is 1. The number of anilines is 1. The van der Waals surface area contributed by atoms with E-state index in [1.165, 1.54) is 24.0 Å². The van der Waals surface area contributed by atoms with E-state index in [2.05, 4.69) is 16.4 Å². The normalized spacial score (nSPS) is 18.6. The number of aryl methyl sites for hydroxylation is 1. The number of rotatable bonds is 3. The molecule has 0 radical (unpaired) electrons. The molecule has 27 heavy (non-hydrogen) atoms. The van der Waals surface area contributed by atoms with E-state index in [-0.39, 0.29) is 11.9 Å². The predicted molar refractivity (Wildman–Crippen MR) is 106 cm³/mol. The van der Waals surface area contributed by atoms with Gasteiger partial charge in [0.15, 0.2) is 0 Å². The number of carbonyl (C=O) groups excluding carboxylic acids is 1. The first-order valence-corrected chi connectivity index (χ1v) is 9.98. The summed E-state index contributed by atoms with van der Waals surface area (Å²) in [5.41, 5.74) is 4.36. The van der Waals surface area contributed by atoms with Crippen molar-refractivity contribution in [3.63, 3.8) is 0 Å². The molecule has 5 nitrogen and oxygen atoms in total. The molecule has 4 rings (SSSR count). The number of carbonyl (C=O) groups is 1. The van der Waals surface area contributed by atoms with Crippen LogP contribution in [0.15, 0.2) is 42.6 Å². The highest BCUT2D eigenvalue weighted by molar-refractivity contribution is 5.90. The molecule has 2 amide bonds. The molecule has 1 aromatic carbocycles. The molecule has 0 spiro atoms. The second kappa shape index (κ2) is 8.09. The van der Waals surface area contributed by atoms with Crippen LogP contribution in [0.5, 0.6) is 0 Å². The van der Waals surface area contributed by atoms with Crippen LogP contribution in [-0.4, -0.2) is 34.1 Å². The van der Waals surface area contributed by atoms with Crippen molar-refractivity contribution >= 4 is 11.7 Å². The summed E-state index contributed by atoms with van der Waals surface area (Å²) in [6.07, 6.45) is 7.31. The third-order valence-corrected chi connectivity index (χ3v) is 5.90. The Morgan fingerprint density at radius 2 is 1.93 bits per heavy atom. The first kappa shape index (κ1) is 18.0. The number of piperidine rings is 1. The lowest BCUT2D eigenvalue weighted by Gasteiger charge is -2.34. The maximum absolute atomic E-state index is 12.7. The van der Waals surface area contributed by atoms with E-state index in [4.69, 9.17) is 0 Å². The Balaban J connectivity index is 1.35. The Morgan fingerprint density at radius 1 is 1.11 bits per heavy atom. The van der Waals surface area contributed by atoms with Crippen molar-refractivity contribution in [3.05, 3.63) is 59.4 Å². The smallest absolute Gasteiger partial charge is 0.321 e. The lowest BCUT2D eigenvalue weighted by Crippen LogP contribution is -2.42. The number of likely N-dealkylation sites (tertiary alicyclic amines) is 1. The molecule has 2 heterocycles. The number of hydrogen-bond acceptors (Lipinski definition) is 3. The minimum Gasteiger partial charge on any atom is -0.387 e. The van der Waals surface area contributed by atoms with Gasteiger partial charge in [-0.15, -0.1) is 0 Å². The van der Waals surface area contributed by atoms with E-state index in [1.54, 1.807) is 6.20 Å². The summed E-state index contributed by atoms with van der Waals surface area (Å²) in [5.74, 6) is 0.147. The van der Waals surface area contributed by atoms with Gasteiger partial charge in [0.05, 0.1) is 11.8 Å². The summed E-state index contributed by atoms with van der Waals surface area (Å²) < 4.78 is 0. The molecule has 2 N–H and O–H groups in total. The van der Waals surface area contributed by atoms with Gasteiger partial charge in [0.1, 0.15) is 0 Å². The number of fused-ring (bicyclic) bond motifs is 1.